The van der Waals surface area contributed by atoms with E-state index >= 15 is 0 Å². The molecule has 0 spiro atoms. The van der Waals surface area contributed by atoms with E-state index in [-0.39, 0.29) is 16.5 Å². The fraction of sp³-hybridized carbons (Fsp3) is 0.133. The second-order valence-corrected chi connectivity index (χ2v) is 10.0. The Hall–Kier alpha value is -3.81. The average molecular weight is 548 g/mol. The van der Waals surface area contributed by atoms with E-state index < -0.39 is 17.0 Å². The molecule has 8 heteroatoms. The molecule has 1 fully saturated rings. The summed E-state index contributed by atoms with van der Waals surface area (Å²) in [4.78, 5) is 26.9. The summed E-state index contributed by atoms with van der Waals surface area (Å²) in [7, 11) is 0. The zero-order chi connectivity index (χ0) is 26.6. The van der Waals surface area contributed by atoms with Gasteiger partial charge in [0.25, 0.3) is 11.1 Å². The Morgan fingerprint density at radius 2 is 1.74 bits per heavy atom. The van der Waals surface area contributed by atoms with Crippen molar-refractivity contribution in [3.63, 3.8) is 0 Å². The van der Waals surface area contributed by atoms with Crippen LogP contribution in [-0.4, -0.2) is 22.7 Å². The van der Waals surface area contributed by atoms with Crippen LogP contribution in [0.3, 0.4) is 0 Å². The molecule has 0 aromatic heterocycles. The summed E-state index contributed by atoms with van der Waals surface area (Å²) < 4.78 is 25.2. The maximum Gasteiger partial charge on any atom is 0.293 e. The fourth-order valence-corrected chi connectivity index (χ4v) is 5.16. The van der Waals surface area contributed by atoms with Crippen molar-refractivity contribution in [3.05, 3.63) is 111 Å². The van der Waals surface area contributed by atoms with Crippen molar-refractivity contribution in [2.45, 2.75) is 20.1 Å². The van der Waals surface area contributed by atoms with Crippen molar-refractivity contribution in [1.29, 1.82) is 0 Å². The standard InChI is InChI=1S/C30H23ClFNO4S/c1-2-36-27-14-19(8-12-26(27)37-18-20-7-9-21-5-3-4-6-22(21)13-20)15-28-29(34)33(30(35)38-28)17-23-10-11-24(32)16-25(23)31/h3-16H,2,17-18H2,1H3/b28-15-. The van der Waals surface area contributed by atoms with Crippen LogP contribution < -0.4 is 9.47 Å². The summed E-state index contributed by atoms with van der Waals surface area (Å²) in [5.41, 5.74) is 2.21. The molecule has 0 bridgehead atoms. The van der Waals surface area contributed by atoms with Crippen LogP contribution >= 0.6 is 23.4 Å². The fourth-order valence-electron chi connectivity index (χ4n) is 4.10. The molecule has 0 saturated carbocycles. The molecule has 1 heterocycles. The maximum atomic E-state index is 13.4. The molecule has 4 aromatic rings. The molecule has 192 valence electrons. The van der Waals surface area contributed by atoms with E-state index in [4.69, 9.17) is 21.1 Å². The number of imide groups is 1. The van der Waals surface area contributed by atoms with Gasteiger partial charge in [-0.25, -0.2) is 4.39 Å². The number of nitrogens with zero attached hydrogens (tertiary/aromatic N) is 1. The highest BCUT2D eigenvalue weighted by atomic mass is 35.5. The second kappa shape index (κ2) is 11.3. The normalized spacial score (nSPS) is 14.5. The number of benzene rings is 4. The van der Waals surface area contributed by atoms with E-state index in [1.54, 1.807) is 18.2 Å². The van der Waals surface area contributed by atoms with E-state index in [0.717, 1.165) is 33.7 Å². The molecular formula is C30H23ClFNO4S. The molecule has 1 aliphatic heterocycles. The van der Waals surface area contributed by atoms with Gasteiger partial charge in [0, 0.05) is 5.02 Å². The highest BCUT2D eigenvalue weighted by Crippen LogP contribution is 2.36. The maximum absolute atomic E-state index is 13.4. The van der Waals surface area contributed by atoms with Gasteiger partial charge in [-0.2, -0.15) is 0 Å². The summed E-state index contributed by atoms with van der Waals surface area (Å²) in [5, 5.41) is 2.06. The topological polar surface area (TPSA) is 55.8 Å². The first-order chi connectivity index (χ1) is 18.4. The first kappa shape index (κ1) is 25.8. The molecule has 2 amide bonds. The van der Waals surface area contributed by atoms with Crippen molar-refractivity contribution in [3.8, 4) is 11.5 Å². The lowest BCUT2D eigenvalue weighted by Crippen LogP contribution is -2.27. The molecule has 0 N–H and O–H groups in total. The van der Waals surface area contributed by atoms with Crippen LogP contribution in [0.2, 0.25) is 5.02 Å². The third kappa shape index (κ3) is 5.69. The predicted molar refractivity (Wildman–Crippen MR) is 149 cm³/mol. The molecule has 0 unspecified atom stereocenters. The summed E-state index contributed by atoms with van der Waals surface area (Å²) in [5.74, 6) is 0.202. The molecular weight excluding hydrogens is 525 g/mol. The lowest BCUT2D eigenvalue weighted by atomic mass is 10.1. The number of amides is 2. The van der Waals surface area contributed by atoms with Crippen molar-refractivity contribution in [1.82, 2.24) is 4.90 Å². The van der Waals surface area contributed by atoms with Gasteiger partial charge in [0.15, 0.2) is 11.5 Å². The summed E-state index contributed by atoms with van der Waals surface area (Å²) in [6, 6.07) is 23.6. The van der Waals surface area contributed by atoms with E-state index in [9.17, 15) is 14.0 Å². The molecule has 4 aromatic carbocycles. The van der Waals surface area contributed by atoms with Gasteiger partial charge in [-0.3, -0.25) is 14.5 Å². The molecule has 38 heavy (non-hydrogen) atoms. The number of rotatable bonds is 8. The van der Waals surface area contributed by atoms with Gasteiger partial charge in [-0.15, -0.1) is 0 Å². The van der Waals surface area contributed by atoms with Crippen LogP contribution in [0.25, 0.3) is 16.8 Å². The van der Waals surface area contributed by atoms with Gasteiger partial charge in [-0.05, 0) is 82.6 Å². The summed E-state index contributed by atoms with van der Waals surface area (Å²) in [6.45, 7) is 2.65. The minimum absolute atomic E-state index is 0.0349. The van der Waals surface area contributed by atoms with Gasteiger partial charge < -0.3 is 9.47 Å². The Balaban J connectivity index is 1.32. The zero-order valence-electron chi connectivity index (χ0n) is 20.4. The Morgan fingerprint density at radius 3 is 2.53 bits per heavy atom. The number of ether oxygens (including phenoxy) is 2. The monoisotopic (exact) mass is 547 g/mol. The second-order valence-electron chi connectivity index (χ2n) is 8.61. The van der Waals surface area contributed by atoms with Gasteiger partial charge >= 0.3 is 0 Å². The van der Waals surface area contributed by atoms with Gasteiger partial charge in [0.1, 0.15) is 12.4 Å². The molecule has 5 nitrogen and oxygen atoms in total. The first-order valence-corrected chi connectivity index (χ1v) is 13.2. The van der Waals surface area contributed by atoms with E-state index in [1.807, 2.05) is 31.2 Å². The van der Waals surface area contributed by atoms with Crippen molar-refractivity contribution < 1.29 is 23.5 Å². The Kier molecular flexibility index (Phi) is 7.67. The molecule has 0 radical (unpaired) electrons. The number of fused-ring (bicyclic) bond motifs is 1. The minimum Gasteiger partial charge on any atom is -0.490 e. The largest absolute Gasteiger partial charge is 0.490 e. The summed E-state index contributed by atoms with van der Waals surface area (Å²) in [6.07, 6.45) is 1.65. The van der Waals surface area contributed by atoms with Gasteiger partial charge in [0.2, 0.25) is 0 Å². The van der Waals surface area contributed by atoms with Crippen LogP contribution in [0.15, 0.2) is 83.8 Å². The summed E-state index contributed by atoms with van der Waals surface area (Å²) >= 11 is 6.93. The number of thioether (sulfide) groups is 1. The minimum atomic E-state index is -0.484. The number of hydrogen-bond acceptors (Lipinski definition) is 5. The molecule has 5 rings (SSSR count). The van der Waals surface area contributed by atoms with Crippen LogP contribution in [0.4, 0.5) is 9.18 Å². The molecule has 1 aliphatic rings. The number of hydrogen-bond donors (Lipinski definition) is 0. The van der Waals surface area contributed by atoms with Gasteiger partial charge in [0.05, 0.1) is 18.1 Å². The highest BCUT2D eigenvalue weighted by molar-refractivity contribution is 8.18. The van der Waals surface area contributed by atoms with E-state index in [0.29, 0.717) is 35.8 Å². The third-order valence-corrected chi connectivity index (χ3v) is 7.25. The molecule has 1 saturated heterocycles. The lowest BCUT2D eigenvalue weighted by Gasteiger charge is -2.14. The molecule has 0 atom stereocenters. The number of carbonyl (C=O) groups is 2. The van der Waals surface area contributed by atoms with Crippen LogP contribution in [0.5, 0.6) is 11.5 Å². The van der Waals surface area contributed by atoms with Crippen LogP contribution in [0, 0.1) is 5.82 Å². The quantitative estimate of drug-likeness (QED) is 0.210. The number of carbonyl (C=O) groups excluding carboxylic acids is 2. The lowest BCUT2D eigenvalue weighted by molar-refractivity contribution is -0.123. The Bertz CT molecular complexity index is 1570. The van der Waals surface area contributed by atoms with Gasteiger partial charge in [-0.1, -0.05) is 60.1 Å². The van der Waals surface area contributed by atoms with E-state index in [1.165, 1.54) is 17.5 Å². The van der Waals surface area contributed by atoms with Crippen molar-refractivity contribution in [2.24, 2.45) is 0 Å². The zero-order valence-corrected chi connectivity index (χ0v) is 22.0. The van der Waals surface area contributed by atoms with E-state index in [2.05, 4.69) is 24.3 Å². The highest BCUT2D eigenvalue weighted by Gasteiger charge is 2.35. The van der Waals surface area contributed by atoms with Crippen molar-refractivity contribution in [2.75, 3.05) is 6.61 Å². The first-order valence-electron chi connectivity index (χ1n) is 12.0. The Morgan fingerprint density at radius 1 is 0.921 bits per heavy atom. The van der Waals surface area contributed by atoms with Crippen LogP contribution in [-0.2, 0) is 17.9 Å². The SMILES string of the molecule is CCOc1cc(/C=C2\SC(=O)N(Cc3ccc(F)cc3Cl)C2=O)ccc1OCc1ccc2ccccc2c1. The third-order valence-electron chi connectivity index (χ3n) is 5.99. The predicted octanol–water partition coefficient (Wildman–Crippen LogP) is 7.85. The number of halogens is 2. The Labute approximate surface area is 228 Å². The van der Waals surface area contributed by atoms with Crippen molar-refractivity contribution >= 4 is 51.4 Å². The average Bonchev–Trinajstić information content (AvgIpc) is 3.17. The van der Waals surface area contributed by atoms with Crippen LogP contribution in [0.1, 0.15) is 23.6 Å². The molecule has 0 aliphatic carbocycles. The smallest absolute Gasteiger partial charge is 0.293 e.